The first-order valence-electron chi connectivity index (χ1n) is 10.7. The zero-order valence-corrected chi connectivity index (χ0v) is 16.9. The predicted octanol–water partition coefficient (Wildman–Crippen LogP) is 5.23. The molecule has 4 aliphatic carbocycles. The average Bonchev–Trinajstić information content (AvgIpc) is 2.87. The second-order valence-corrected chi connectivity index (χ2v) is 10.0. The topological polar surface area (TPSA) is 43.4 Å². The van der Waals surface area contributed by atoms with E-state index in [0.29, 0.717) is 30.5 Å². The molecule has 0 aromatic carbocycles. The summed E-state index contributed by atoms with van der Waals surface area (Å²) in [6.07, 6.45) is 11.1. The molecule has 144 valence electrons. The summed E-state index contributed by atoms with van der Waals surface area (Å²) in [5.41, 5.74) is 1.97. The van der Waals surface area contributed by atoms with Crippen molar-refractivity contribution in [2.75, 3.05) is 0 Å². The smallest absolute Gasteiger partial charge is 0.305 e. The van der Waals surface area contributed by atoms with Crippen LogP contribution in [-0.2, 0) is 14.3 Å². The van der Waals surface area contributed by atoms with Gasteiger partial charge in [-0.15, -0.1) is 0 Å². The van der Waals surface area contributed by atoms with Gasteiger partial charge in [0.1, 0.15) is 6.10 Å². The van der Waals surface area contributed by atoms with E-state index in [1.807, 2.05) is 13.0 Å². The molecule has 26 heavy (non-hydrogen) atoms. The second kappa shape index (κ2) is 5.94. The van der Waals surface area contributed by atoms with Crippen LogP contribution in [0.5, 0.6) is 0 Å². The van der Waals surface area contributed by atoms with Crippen LogP contribution in [0.15, 0.2) is 11.6 Å². The van der Waals surface area contributed by atoms with Gasteiger partial charge in [-0.05, 0) is 73.7 Å². The monoisotopic (exact) mass is 358 g/mol. The zero-order valence-electron chi connectivity index (χ0n) is 16.9. The van der Waals surface area contributed by atoms with E-state index in [9.17, 15) is 9.59 Å². The van der Waals surface area contributed by atoms with E-state index in [1.54, 1.807) is 0 Å². The third-order valence-corrected chi connectivity index (χ3v) is 9.28. The lowest BCUT2D eigenvalue weighted by Gasteiger charge is -2.62. The van der Waals surface area contributed by atoms with Gasteiger partial charge in [0.15, 0.2) is 5.78 Å². The molecule has 0 spiro atoms. The minimum atomic E-state index is -0.0470. The van der Waals surface area contributed by atoms with Crippen molar-refractivity contribution in [1.29, 1.82) is 0 Å². The van der Waals surface area contributed by atoms with Crippen LogP contribution in [-0.4, -0.2) is 17.9 Å². The Kier molecular flexibility index (Phi) is 4.17. The number of esters is 1. The summed E-state index contributed by atoms with van der Waals surface area (Å²) in [5, 5.41) is 0. The number of hydrogen-bond donors (Lipinski definition) is 0. The van der Waals surface area contributed by atoms with E-state index < -0.39 is 0 Å². The highest BCUT2D eigenvalue weighted by molar-refractivity contribution is 5.91. The number of hydrogen-bond acceptors (Lipinski definition) is 3. The fraction of sp³-hybridized carbons (Fsp3) is 0.826. The normalized spacial score (nSPS) is 47.5. The first kappa shape index (κ1) is 18.3. The molecule has 3 nitrogen and oxygen atoms in total. The van der Waals surface area contributed by atoms with Crippen LogP contribution in [0.2, 0.25) is 0 Å². The molecule has 0 N–H and O–H groups in total. The first-order chi connectivity index (χ1) is 12.2. The highest BCUT2D eigenvalue weighted by Crippen LogP contribution is 2.71. The van der Waals surface area contributed by atoms with Gasteiger partial charge in [-0.1, -0.05) is 33.3 Å². The Balaban J connectivity index is 1.65. The lowest BCUT2D eigenvalue weighted by atomic mass is 9.42. The minimum absolute atomic E-state index is 0.0470. The van der Waals surface area contributed by atoms with Gasteiger partial charge in [-0.2, -0.15) is 0 Å². The molecule has 6 atom stereocenters. The predicted molar refractivity (Wildman–Crippen MR) is 101 cm³/mol. The Bertz CT molecular complexity index is 664. The van der Waals surface area contributed by atoms with Gasteiger partial charge >= 0.3 is 5.97 Å². The summed E-state index contributed by atoms with van der Waals surface area (Å²) in [7, 11) is 0. The van der Waals surface area contributed by atoms with Gasteiger partial charge in [-0.25, -0.2) is 0 Å². The van der Waals surface area contributed by atoms with Crippen molar-refractivity contribution < 1.29 is 14.3 Å². The molecule has 0 bridgehead atoms. The van der Waals surface area contributed by atoms with Crippen LogP contribution in [0.4, 0.5) is 0 Å². The number of ether oxygens (including phenoxy) is 1. The summed E-state index contributed by atoms with van der Waals surface area (Å²) in [4.78, 5) is 23.9. The molecular formula is C23H34O3. The first-order valence-corrected chi connectivity index (χ1v) is 10.7. The third kappa shape index (κ3) is 2.31. The number of carbonyl (C=O) groups excluding carboxylic acids is 2. The molecule has 0 aromatic heterocycles. The van der Waals surface area contributed by atoms with Crippen molar-refractivity contribution in [2.24, 2.45) is 28.1 Å². The molecule has 0 radical (unpaired) electrons. The molecule has 0 unspecified atom stereocenters. The summed E-state index contributed by atoms with van der Waals surface area (Å²) in [6.45, 7) is 9.19. The van der Waals surface area contributed by atoms with Crippen molar-refractivity contribution >= 4 is 11.8 Å². The van der Waals surface area contributed by atoms with Gasteiger partial charge < -0.3 is 4.74 Å². The molecule has 3 fully saturated rings. The average molecular weight is 359 g/mol. The largest absolute Gasteiger partial charge is 0.462 e. The van der Waals surface area contributed by atoms with E-state index in [-0.39, 0.29) is 28.3 Å². The van der Waals surface area contributed by atoms with Crippen molar-refractivity contribution in [3.63, 3.8) is 0 Å². The maximum absolute atomic E-state index is 12.0. The van der Waals surface area contributed by atoms with Crippen molar-refractivity contribution in [2.45, 2.75) is 91.6 Å². The van der Waals surface area contributed by atoms with Crippen LogP contribution in [0.1, 0.15) is 85.5 Å². The van der Waals surface area contributed by atoms with E-state index in [4.69, 9.17) is 4.74 Å². The van der Waals surface area contributed by atoms with Crippen LogP contribution < -0.4 is 0 Å². The SMILES string of the molecule is CCC(=O)O[C@H]1CC[C@@]2(C)[C@@H]3CCC4=CC(=O)CC[C@]4(C)[C@H]3CC[C@]12C. The summed E-state index contributed by atoms with van der Waals surface area (Å²) in [6, 6.07) is 0. The molecule has 4 rings (SSSR count). The van der Waals surface area contributed by atoms with Crippen LogP contribution in [0.25, 0.3) is 0 Å². The standard InChI is InChI=1S/C23H34O3/c1-5-20(25)26-19-10-13-22(3)18-7-6-15-14-16(24)8-11-21(15,2)17(18)9-12-23(19,22)4/h14,17-19H,5-13H2,1-4H3/t17-,18+,19-,21-,22-,23+/m0/s1. The minimum Gasteiger partial charge on any atom is -0.462 e. The number of carbonyl (C=O) groups is 2. The summed E-state index contributed by atoms with van der Waals surface area (Å²) < 4.78 is 5.93. The number of fused-ring (bicyclic) bond motifs is 5. The third-order valence-electron chi connectivity index (χ3n) is 9.28. The number of allylic oxidation sites excluding steroid dienone is 1. The second-order valence-electron chi connectivity index (χ2n) is 10.0. The van der Waals surface area contributed by atoms with Crippen LogP contribution in [0.3, 0.4) is 0 Å². The molecule has 3 heteroatoms. The van der Waals surface area contributed by atoms with Gasteiger partial charge in [0, 0.05) is 18.3 Å². The Morgan fingerprint density at radius 3 is 2.50 bits per heavy atom. The Morgan fingerprint density at radius 2 is 1.77 bits per heavy atom. The summed E-state index contributed by atoms with van der Waals surface area (Å²) in [5.74, 6) is 1.64. The highest BCUT2D eigenvalue weighted by atomic mass is 16.5. The lowest BCUT2D eigenvalue weighted by molar-refractivity contribution is -0.169. The van der Waals surface area contributed by atoms with E-state index in [2.05, 4.69) is 20.8 Å². The molecule has 0 saturated heterocycles. The molecule has 0 amide bonds. The number of ketones is 1. The fourth-order valence-corrected chi connectivity index (χ4v) is 7.34. The number of rotatable bonds is 2. The summed E-state index contributed by atoms with van der Waals surface area (Å²) >= 11 is 0. The maximum atomic E-state index is 12.0. The molecule has 0 aromatic rings. The molecular weight excluding hydrogens is 324 g/mol. The van der Waals surface area contributed by atoms with E-state index in [0.717, 1.165) is 25.7 Å². The van der Waals surface area contributed by atoms with Crippen molar-refractivity contribution in [3.05, 3.63) is 11.6 Å². The zero-order chi connectivity index (χ0) is 18.7. The van der Waals surface area contributed by atoms with Crippen LogP contribution >= 0.6 is 0 Å². The lowest BCUT2D eigenvalue weighted by Crippen LogP contribution is -2.56. The highest BCUT2D eigenvalue weighted by Gasteiger charge is 2.65. The van der Waals surface area contributed by atoms with E-state index >= 15 is 0 Å². The van der Waals surface area contributed by atoms with Crippen LogP contribution in [0, 0.1) is 28.1 Å². The maximum Gasteiger partial charge on any atom is 0.305 e. The Labute approximate surface area is 157 Å². The molecule has 0 heterocycles. The molecule has 0 aliphatic heterocycles. The van der Waals surface area contributed by atoms with Gasteiger partial charge in [0.2, 0.25) is 0 Å². The van der Waals surface area contributed by atoms with Crippen molar-refractivity contribution in [3.8, 4) is 0 Å². The van der Waals surface area contributed by atoms with Gasteiger partial charge in [0.25, 0.3) is 0 Å². The Hall–Kier alpha value is -1.12. The van der Waals surface area contributed by atoms with Gasteiger partial charge in [0.05, 0.1) is 0 Å². The van der Waals surface area contributed by atoms with Crippen molar-refractivity contribution in [1.82, 2.24) is 0 Å². The Morgan fingerprint density at radius 1 is 1.04 bits per heavy atom. The molecule has 3 saturated carbocycles. The van der Waals surface area contributed by atoms with Gasteiger partial charge in [-0.3, -0.25) is 9.59 Å². The van der Waals surface area contributed by atoms with E-state index in [1.165, 1.54) is 24.8 Å². The quantitative estimate of drug-likeness (QED) is 0.635. The molecule has 4 aliphatic rings. The fourth-order valence-electron chi connectivity index (χ4n) is 7.34.